The Balaban J connectivity index is 2.03. The van der Waals surface area contributed by atoms with Crippen molar-refractivity contribution in [3.8, 4) is 0 Å². The lowest BCUT2D eigenvalue weighted by molar-refractivity contribution is 0.102. The number of anilines is 1. The van der Waals surface area contributed by atoms with Crippen LogP contribution in [0.1, 0.15) is 23.1 Å². The molecule has 0 unspecified atom stereocenters. The molecule has 0 saturated carbocycles. The van der Waals surface area contributed by atoms with Crippen molar-refractivity contribution in [1.82, 2.24) is 9.38 Å². The van der Waals surface area contributed by atoms with Gasteiger partial charge in [-0.25, -0.2) is 4.98 Å². The van der Waals surface area contributed by atoms with Crippen molar-refractivity contribution in [2.75, 3.05) is 5.32 Å². The van der Waals surface area contributed by atoms with Gasteiger partial charge in [-0.2, -0.15) is 0 Å². The van der Waals surface area contributed by atoms with Gasteiger partial charge in [0.2, 0.25) is 0 Å². The lowest BCUT2D eigenvalue weighted by atomic mass is 10.2. The normalized spacial score (nSPS) is 11.0. The maximum absolute atomic E-state index is 12.7. The minimum atomic E-state index is -0.282. The number of fused-ring (bicyclic) bond motifs is 1. The van der Waals surface area contributed by atoms with Crippen molar-refractivity contribution in [1.29, 1.82) is 0 Å². The molecule has 0 fully saturated rings. The van der Waals surface area contributed by atoms with Gasteiger partial charge in [-0.15, -0.1) is 0 Å². The summed E-state index contributed by atoms with van der Waals surface area (Å²) in [5.74, 6) is -0.282. The molecule has 7 heteroatoms. The van der Waals surface area contributed by atoms with Crippen molar-refractivity contribution >= 4 is 52.0 Å². The van der Waals surface area contributed by atoms with E-state index >= 15 is 0 Å². The van der Waals surface area contributed by atoms with E-state index in [0.29, 0.717) is 44.2 Å². The van der Waals surface area contributed by atoms with E-state index in [-0.39, 0.29) is 5.91 Å². The van der Waals surface area contributed by atoms with Crippen molar-refractivity contribution < 1.29 is 4.79 Å². The second kappa shape index (κ2) is 6.40. The highest BCUT2D eigenvalue weighted by Crippen LogP contribution is 2.24. The predicted molar refractivity (Wildman–Crippen MR) is 94.0 cm³/mol. The molecule has 0 bridgehead atoms. The van der Waals surface area contributed by atoms with Gasteiger partial charge in [-0.05, 0) is 30.7 Å². The van der Waals surface area contributed by atoms with Crippen LogP contribution in [0.3, 0.4) is 0 Å². The van der Waals surface area contributed by atoms with Crippen LogP contribution >= 0.6 is 34.8 Å². The summed E-state index contributed by atoms with van der Waals surface area (Å²) in [6.45, 7) is 1.94. The number of benzene rings is 1. The molecule has 0 aliphatic carbocycles. The van der Waals surface area contributed by atoms with Crippen molar-refractivity contribution in [2.45, 2.75) is 13.3 Å². The summed E-state index contributed by atoms with van der Waals surface area (Å²) in [6.07, 6.45) is 2.35. The molecular formula is C16H12Cl3N3O. The minimum absolute atomic E-state index is 0.282. The fraction of sp³-hybridized carbons (Fsp3) is 0.125. The van der Waals surface area contributed by atoms with Crippen LogP contribution in [0.2, 0.25) is 15.1 Å². The van der Waals surface area contributed by atoms with Crippen LogP contribution in [-0.4, -0.2) is 15.3 Å². The van der Waals surface area contributed by atoms with Crippen LogP contribution < -0.4 is 5.32 Å². The van der Waals surface area contributed by atoms with Crippen LogP contribution in [0.4, 0.5) is 5.69 Å². The number of aromatic nitrogens is 2. The molecule has 2 aromatic heterocycles. The average molecular weight is 369 g/mol. The summed E-state index contributed by atoms with van der Waals surface area (Å²) in [4.78, 5) is 17.1. The van der Waals surface area contributed by atoms with E-state index in [0.717, 1.165) is 0 Å². The number of nitrogens with one attached hydrogen (secondary N) is 1. The first-order valence-corrected chi connectivity index (χ1v) is 8.05. The third-order valence-corrected chi connectivity index (χ3v) is 4.00. The summed E-state index contributed by atoms with van der Waals surface area (Å²) < 4.78 is 1.71. The van der Waals surface area contributed by atoms with Crippen LogP contribution in [-0.2, 0) is 6.42 Å². The molecule has 0 aliphatic heterocycles. The summed E-state index contributed by atoms with van der Waals surface area (Å²) >= 11 is 17.9. The number of pyridine rings is 1. The van der Waals surface area contributed by atoms with Crippen molar-refractivity contribution in [3.63, 3.8) is 0 Å². The van der Waals surface area contributed by atoms with Crippen molar-refractivity contribution in [3.05, 3.63) is 63.0 Å². The first kappa shape index (κ1) is 16.1. The molecule has 4 nitrogen and oxygen atoms in total. The maximum Gasteiger partial charge on any atom is 0.274 e. The van der Waals surface area contributed by atoms with E-state index in [9.17, 15) is 4.79 Å². The second-order valence-electron chi connectivity index (χ2n) is 4.95. The van der Waals surface area contributed by atoms with Gasteiger partial charge in [0.05, 0.1) is 5.69 Å². The number of rotatable bonds is 3. The zero-order valence-electron chi connectivity index (χ0n) is 12.1. The third kappa shape index (κ3) is 3.29. The lowest BCUT2D eigenvalue weighted by Gasteiger charge is -2.08. The molecular weight excluding hydrogens is 357 g/mol. The number of carbonyl (C=O) groups is 1. The fourth-order valence-electron chi connectivity index (χ4n) is 2.37. The Labute approximate surface area is 148 Å². The quantitative estimate of drug-likeness (QED) is 0.698. The number of hydrogen-bond donors (Lipinski definition) is 1. The maximum atomic E-state index is 12.7. The molecule has 0 saturated heterocycles. The highest BCUT2D eigenvalue weighted by Gasteiger charge is 2.18. The molecule has 0 aliphatic rings. The number of carbonyl (C=O) groups excluding carboxylic acids is 1. The molecule has 0 spiro atoms. The average Bonchev–Trinajstić information content (AvgIpc) is 2.83. The zero-order chi connectivity index (χ0) is 16.6. The van der Waals surface area contributed by atoms with Gasteiger partial charge in [0.25, 0.3) is 5.91 Å². The smallest absolute Gasteiger partial charge is 0.274 e. The van der Waals surface area contributed by atoms with Gasteiger partial charge in [-0.1, -0.05) is 41.7 Å². The number of imidazole rings is 1. The largest absolute Gasteiger partial charge is 0.321 e. The fourth-order valence-corrected chi connectivity index (χ4v) is 3.05. The number of halogens is 3. The molecule has 1 aromatic carbocycles. The number of hydrogen-bond acceptors (Lipinski definition) is 2. The summed E-state index contributed by atoms with van der Waals surface area (Å²) in [5, 5.41) is 4.28. The Morgan fingerprint density at radius 2 is 1.83 bits per heavy atom. The predicted octanol–water partition coefficient (Wildman–Crippen LogP) is 5.11. The van der Waals surface area contributed by atoms with E-state index in [1.165, 1.54) is 0 Å². The first-order valence-electron chi connectivity index (χ1n) is 6.92. The van der Waals surface area contributed by atoms with E-state index in [2.05, 4.69) is 10.3 Å². The van der Waals surface area contributed by atoms with Gasteiger partial charge in [-0.3, -0.25) is 9.20 Å². The highest BCUT2D eigenvalue weighted by molar-refractivity contribution is 6.35. The van der Waals surface area contributed by atoms with Crippen molar-refractivity contribution in [2.24, 2.45) is 0 Å². The Bertz CT molecular complexity index is 885. The molecule has 2 heterocycles. The Morgan fingerprint density at radius 3 is 2.48 bits per heavy atom. The Morgan fingerprint density at radius 1 is 1.13 bits per heavy atom. The highest BCUT2D eigenvalue weighted by atomic mass is 35.5. The number of nitrogens with zero attached hydrogens (tertiary/aromatic N) is 2. The van der Waals surface area contributed by atoms with Gasteiger partial charge in [0.1, 0.15) is 11.3 Å². The monoisotopic (exact) mass is 367 g/mol. The van der Waals surface area contributed by atoms with Gasteiger partial charge < -0.3 is 5.32 Å². The van der Waals surface area contributed by atoms with E-state index in [1.807, 2.05) is 6.92 Å². The lowest BCUT2D eigenvalue weighted by Crippen LogP contribution is -2.16. The van der Waals surface area contributed by atoms with Gasteiger partial charge in [0.15, 0.2) is 0 Å². The third-order valence-electron chi connectivity index (χ3n) is 3.33. The van der Waals surface area contributed by atoms with Crippen LogP contribution in [0.25, 0.3) is 5.65 Å². The Hall–Kier alpha value is -1.75. The zero-order valence-corrected chi connectivity index (χ0v) is 14.4. The molecule has 1 amide bonds. The van der Waals surface area contributed by atoms with Crippen LogP contribution in [0, 0.1) is 0 Å². The van der Waals surface area contributed by atoms with Gasteiger partial charge in [0, 0.05) is 33.0 Å². The van der Waals surface area contributed by atoms with Crippen LogP contribution in [0.15, 0.2) is 36.5 Å². The molecule has 3 aromatic rings. The molecule has 0 atom stereocenters. The SMILES string of the molecule is CCc1nc2cc(Cl)ccn2c1C(=O)Nc1cc(Cl)cc(Cl)c1. The number of aryl methyl sites for hydroxylation is 1. The van der Waals surface area contributed by atoms with E-state index in [4.69, 9.17) is 34.8 Å². The number of amides is 1. The summed E-state index contributed by atoms with van der Waals surface area (Å²) in [6, 6.07) is 8.30. The van der Waals surface area contributed by atoms with E-state index in [1.54, 1.807) is 40.9 Å². The second-order valence-corrected chi connectivity index (χ2v) is 6.26. The summed E-state index contributed by atoms with van der Waals surface area (Å²) in [5.41, 5.74) is 2.32. The topological polar surface area (TPSA) is 46.4 Å². The minimum Gasteiger partial charge on any atom is -0.321 e. The van der Waals surface area contributed by atoms with Crippen LogP contribution in [0.5, 0.6) is 0 Å². The molecule has 0 radical (unpaired) electrons. The Kier molecular flexibility index (Phi) is 4.48. The standard InChI is InChI=1S/C16H12Cl3N3O/c1-2-13-15(22-4-3-9(17)8-14(22)21-13)16(23)20-12-6-10(18)5-11(19)7-12/h3-8H,2H2,1H3,(H,20,23). The molecule has 1 N–H and O–H groups in total. The van der Waals surface area contributed by atoms with Gasteiger partial charge >= 0.3 is 0 Å². The first-order chi connectivity index (χ1) is 11.0. The molecule has 3 rings (SSSR count). The molecule has 23 heavy (non-hydrogen) atoms. The summed E-state index contributed by atoms with van der Waals surface area (Å²) in [7, 11) is 0. The molecule has 118 valence electrons. The van der Waals surface area contributed by atoms with E-state index < -0.39 is 0 Å².